The van der Waals surface area contributed by atoms with Crippen LogP contribution in [-0.2, 0) is 7.05 Å². The molecule has 1 aliphatic rings. The summed E-state index contributed by atoms with van der Waals surface area (Å²) in [6, 6.07) is 7.35. The van der Waals surface area contributed by atoms with Crippen LogP contribution >= 0.6 is 0 Å². The number of carbonyl (C=O) groups is 1. The van der Waals surface area contributed by atoms with Crippen molar-refractivity contribution < 1.29 is 14.3 Å². The molecule has 3 aromatic heterocycles. The molecule has 0 aromatic carbocycles. The van der Waals surface area contributed by atoms with Gasteiger partial charge in [-0.1, -0.05) is 13.8 Å². The molecule has 0 unspecified atom stereocenters. The van der Waals surface area contributed by atoms with Crippen molar-refractivity contribution >= 4 is 11.7 Å². The zero-order valence-electron chi connectivity index (χ0n) is 19.4. The third-order valence-electron chi connectivity index (χ3n) is 5.42. The first kappa shape index (κ1) is 22.5. The number of ether oxygens (including phenoxy) is 2. The lowest BCUT2D eigenvalue weighted by Crippen LogP contribution is -2.49. The number of carbonyl (C=O) groups excluding carboxylic acids is 1. The Bertz CT molecular complexity index is 1090. The summed E-state index contributed by atoms with van der Waals surface area (Å²) in [5, 5.41) is 4.44. The van der Waals surface area contributed by atoms with E-state index in [1.54, 1.807) is 30.1 Å². The highest BCUT2D eigenvalue weighted by Crippen LogP contribution is 2.23. The number of rotatable bonds is 7. The van der Waals surface area contributed by atoms with Gasteiger partial charge in [-0.3, -0.25) is 9.48 Å². The average molecular weight is 452 g/mol. The summed E-state index contributed by atoms with van der Waals surface area (Å²) in [5.41, 5.74) is 2.11. The van der Waals surface area contributed by atoms with Crippen LogP contribution in [0.2, 0.25) is 0 Å². The van der Waals surface area contributed by atoms with Crippen molar-refractivity contribution in [2.75, 3.05) is 44.8 Å². The Balaban J connectivity index is 1.39. The number of hydrogen-bond acceptors (Lipinski definition) is 8. The van der Waals surface area contributed by atoms with Gasteiger partial charge in [-0.2, -0.15) is 5.10 Å². The summed E-state index contributed by atoms with van der Waals surface area (Å²) in [6.45, 7) is 7.32. The normalized spacial score (nSPS) is 14.0. The van der Waals surface area contributed by atoms with E-state index in [0.717, 1.165) is 17.1 Å². The molecule has 10 nitrogen and oxygen atoms in total. The fourth-order valence-electron chi connectivity index (χ4n) is 3.63. The Morgan fingerprint density at radius 1 is 1.06 bits per heavy atom. The van der Waals surface area contributed by atoms with Gasteiger partial charge in [0, 0.05) is 57.1 Å². The van der Waals surface area contributed by atoms with E-state index in [9.17, 15) is 4.79 Å². The van der Waals surface area contributed by atoms with E-state index in [1.807, 2.05) is 24.1 Å². The summed E-state index contributed by atoms with van der Waals surface area (Å²) in [7, 11) is 3.40. The van der Waals surface area contributed by atoms with Crippen molar-refractivity contribution in [2.24, 2.45) is 13.0 Å². The Kier molecular flexibility index (Phi) is 6.71. The molecule has 1 saturated heterocycles. The number of amides is 1. The van der Waals surface area contributed by atoms with Gasteiger partial charge in [0.2, 0.25) is 11.8 Å². The number of methoxy groups -OCH3 is 1. The molecule has 0 spiro atoms. The standard InChI is InChI=1S/C23H29N7O3/c1-16(2)14-33-22-12-20(25-15-26-22)29-7-9-30(10-8-29)23(31)18-11-19(28(3)27-18)17-5-6-21(32-4)24-13-17/h5-6,11-13,15-16H,7-10,14H2,1-4H3. The van der Waals surface area contributed by atoms with Crippen molar-refractivity contribution in [3.63, 3.8) is 0 Å². The van der Waals surface area contributed by atoms with Crippen LogP contribution in [0.15, 0.2) is 36.8 Å². The van der Waals surface area contributed by atoms with Gasteiger partial charge in [0.25, 0.3) is 5.91 Å². The molecule has 10 heteroatoms. The molecule has 174 valence electrons. The molecule has 0 atom stereocenters. The third kappa shape index (κ3) is 5.21. The number of pyridine rings is 1. The SMILES string of the molecule is COc1ccc(-c2cc(C(=O)N3CCN(c4cc(OCC(C)C)ncn4)CC3)nn2C)cn1. The van der Waals surface area contributed by atoms with E-state index in [2.05, 4.69) is 38.8 Å². The topological polar surface area (TPSA) is 98.5 Å². The largest absolute Gasteiger partial charge is 0.481 e. The van der Waals surface area contributed by atoms with Gasteiger partial charge in [-0.15, -0.1) is 0 Å². The van der Waals surface area contributed by atoms with Gasteiger partial charge < -0.3 is 19.3 Å². The van der Waals surface area contributed by atoms with Crippen LogP contribution in [0.25, 0.3) is 11.3 Å². The predicted octanol–water partition coefficient (Wildman–Crippen LogP) is 2.28. The highest BCUT2D eigenvalue weighted by molar-refractivity contribution is 5.93. The Hall–Kier alpha value is -3.69. The molecule has 0 radical (unpaired) electrons. The molecule has 0 aliphatic carbocycles. The van der Waals surface area contributed by atoms with Gasteiger partial charge in [-0.05, 0) is 18.1 Å². The maximum absolute atomic E-state index is 13.1. The lowest BCUT2D eigenvalue weighted by atomic mass is 10.2. The maximum atomic E-state index is 13.1. The first-order valence-electron chi connectivity index (χ1n) is 11.0. The molecular weight excluding hydrogens is 422 g/mol. The van der Waals surface area contributed by atoms with E-state index < -0.39 is 0 Å². The molecule has 1 fully saturated rings. The summed E-state index contributed by atoms with van der Waals surface area (Å²) in [5.74, 6) is 2.26. The van der Waals surface area contributed by atoms with Crippen LogP contribution in [0.1, 0.15) is 24.3 Å². The summed E-state index contributed by atoms with van der Waals surface area (Å²) in [4.78, 5) is 29.9. The Morgan fingerprint density at radius 3 is 2.52 bits per heavy atom. The van der Waals surface area contributed by atoms with E-state index in [0.29, 0.717) is 56.2 Å². The molecule has 0 N–H and O–H groups in total. The first-order chi connectivity index (χ1) is 15.9. The van der Waals surface area contributed by atoms with E-state index >= 15 is 0 Å². The number of aromatic nitrogens is 5. The number of piperazine rings is 1. The Labute approximate surface area is 193 Å². The maximum Gasteiger partial charge on any atom is 0.274 e. The second-order valence-corrected chi connectivity index (χ2v) is 8.33. The van der Waals surface area contributed by atoms with E-state index in [-0.39, 0.29) is 5.91 Å². The van der Waals surface area contributed by atoms with Crippen LogP contribution in [0.3, 0.4) is 0 Å². The van der Waals surface area contributed by atoms with Crippen molar-refractivity contribution in [1.29, 1.82) is 0 Å². The smallest absolute Gasteiger partial charge is 0.274 e. The van der Waals surface area contributed by atoms with Crippen LogP contribution in [-0.4, -0.2) is 75.4 Å². The van der Waals surface area contributed by atoms with Gasteiger partial charge in [0.05, 0.1) is 19.4 Å². The quantitative estimate of drug-likeness (QED) is 0.540. The zero-order valence-corrected chi connectivity index (χ0v) is 19.4. The minimum Gasteiger partial charge on any atom is -0.481 e. The highest BCUT2D eigenvalue weighted by atomic mass is 16.5. The number of aryl methyl sites for hydroxylation is 1. The molecule has 0 bridgehead atoms. The Morgan fingerprint density at radius 2 is 1.85 bits per heavy atom. The molecule has 0 saturated carbocycles. The summed E-state index contributed by atoms with van der Waals surface area (Å²) >= 11 is 0. The summed E-state index contributed by atoms with van der Waals surface area (Å²) < 4.78 is 12.5. The van der Waals surface area contributed by atoms with Gasteiger partial charge in [0.15, 0.2) is 5.69 Å². The number of anilines is 1. The predicted molar refractivity (Wildman–Crippen MR) is 123 cm³/mol. The minimum absolute atomic E-state index is 0.0818. The van der Waals surface area contributed by atoms with Crippen molar-refractivity contribution in [3.05, 3.63) is 42.5 Å². The number of hydrogen-bond donors (Lipinski definition) is 0. The van der Waals surface area contributed by atoms with Gasteiger partial charge in [0.1, 0.15) is 12.1 Å². The van der Waals surface area contributed by atoms with Crippen molar-refractivity contribution in [1.82, 2.24) is 29.6 Å². The molecule has 1 amide bonds. The highest BCUT2D eigenvalue weighted by Gasteiger charge is 2.25. The number of nitrogens with zero attached hydrogens (tertiary/aromatic N) is 7. The molecular formula is C23H29N7O3. The monoisotopic (exact) mass is 451 g/mol. The second kappa shape index (κ2) is 9.85. The lowest BCUT2D eigenvalue weighted by Gasteiger charge is -2.35. The fourth-order valence-corrected chi connectivity index (χ4v) is 3.63. The molecule has 33 heavy (non-hydrogen) atoms. The fraction of sp³-hybridized carbons (Fsp3) is 0.435. The van der Waals surface area contributed by atoms with E-state index in [1.165, 1.54) is 6.33 Å². The third-order valence-corrected chi connectivity index (χ3v) is 5.42. The average Bonchev–Trinajstić information content (AvgIpc) is 3.24. The van der Waals surface area contributed by atoms with Crippen LogP contribution < -0.4 is 14.4 Å². The van der Waals surface area contributed by atoms with Crippen LogP contribution in [0, 0.1) is 5.92 Å². The van der Waals surface area contributed by atoms with Crippen LogP contribution in [0.4, 0.5) is 5.82 Å². The van der Waals surface area contributed by atoms with Crippen LogP contribution in [0.5, 0.6) is 11.8 Å². The van der Waals surface area contributed by atoms with Gasteiger partial charge >= 0.3 is 0 Å². The second-order valence-electron chi connectivity index (χ2n) is 8.33. The molecule has 3 aromatic rings. The van der Waals surface area contributed by atoms with Crippen molar-refractivity contribution in [3.8, 4) is 23.0 Å². The van der Waals surface area contributed by atoms with E-state index in [4.69, 9.17) is 9.47 Å². The zero-order chi connectivity index (χ0) is 23.4. The van der Waals surface area contributed by atoms with Crippen molar-refractivity contribution in [2.45, 2.75) is 13.8 Å². The lowest BCUT2D eigenvalue weighted by molar-refractivity contribution is 0.0739. The summed E-state index contributed by atoms with van der Waals surface area (Å²) in [6.07, 6.45) is 3.23. The molecule has 4 rings (SSSR count). The van der Waals surface area contributed by atoms with Gasteiger partial charge in [-0.25, -0.2) is 15.0 Å². The molecule has 4 heterocycles. The minimum atomic E-state index is -0.0818. The molecule has 1 aliphatic heterocycles. The first-order valence-corrected chi connectivity index (χ1v) is 11.0.